The van der Waals surface area contributed by atoms with Gasteiger partial charge in [-0.05, 0) is 31.7 Å². The number of rotatable bonds is 8. The van der Waals surface area contributed by atoms with Gasteiger partial charge in [-0.15, -0.1) is 11.3 Å². The number of benzene rings is 1. The molecule has 0 bridgehead atoms. The number of anilines is 1. The van der Waals surface area contributed by atoms with Gasteiger partial charge in [-0.25, -0.2) is 4.98 Å². The first-order valence-corrected chi connectivity index (χ1v) is 11.7. The normalized spacial score (nSPS) is 16.5. The second kappa shape index (κ2) is 10.1. The zero-order valence-electron chi connectivity index (χ0n) is 17.7. The molecule has 1 saturated heterocycles. The fourth-order valence-corrected chi connectivity index (χ4v) is 4.85. The molecule has 0 spiro atoms. The molecule has 0 aliphatic carbocycles. The lowest BCUT2D eigenvalue weighted by atomic mass is 9.97. The highest BCUT2D eigenvalue weighted by atomic mass is 32.1. The molecule has 1 aliphatic heterocycles. The number of nitrogens with one attached hydrogen (secondary N) is 2. The van der Waals surface area contributed by atoms with Crippen molar-refractivity contribution in [3.63, 3.8) is 0 Å². The van der Waals surface area contributed by atoms with Gasteiger partial charge in [0.25, 0.3) is 5.56 Å². The van der Waals surface area contributed by atoms with Crippen molar-refractivity contribution in [2.24, 2.45) is 5.92 Å². The minimum absolute atomic E-state index is 0.0603. The van der Waals surface area contributed by atoms with E-state index in [0.717, 1.165) is 42.5 Å². The quantitative estimate of drug-likeness (QED) is 0.524. The molecular weight excluding hydrogens is 412 g/mol. The number of aromatic amines is 1. The van der Waals surface area contributed by atoms with Crippen LogP contribution in [0.5, 0.6) is 0 Å². The average molecular weight is 441 g/mol. The molecule has 1 amide bonds. The summed E-state index contributed by atoms with van der Waals surface area (Å²) in [5.41, 5.74) is 2.60. The third-order valence-corrected chi connectivity index (χ3v) is 6.53. The molecule has 2 N–H and O–H groups in total. The largest absolute Gasteiger partial charge is 0.382 e. The number of nitrogens with zero attached hydrogens (tertiary/aromatic N) is 2. The molecule has 0 unspecified atom stereocenters. The van der Waals surface area contributed by atoms with Gasteiger partial charge in [0.05, 0.1) is 11.4 Å². The Hall–Kier alpha value is -2.71. The predicted molar refractivity (Wildman–Crippen MR) is 125 cm³/mol. The van der Waals surface area contributed by atoms with E-state index in [2.05, 4.69) is 10.3 Å². The molecule has 0 radical (unpaired) electrons. The highest BCUT2D eigenvalue weighted by molar-refractivity contribution is 7.17. The number of amides is 1. The average Bonchev–Trinajstić information content (AvgIpc) is 3.24. The van der Waals surface area contributed by atoms with E-state index in [4.69, 9.17) is 9.72 Å². The SMILES string of the molecule is CCOCCCNC(=O)[C@H]1CCCN(c2nc3c(-c4ccccc4)csc3c(=O)[nH]2)C1. The molecule has 4 rings (SSSR count). The summed E-state index contributed by atoms with van der Waals surface area (Å²) in [4.78, 5) is 35.1. The number of H-pyrrole nitrogens is 1. The van der Waals surface area contributed by atoms with E-state index in [-0.39, 0.29) is 17.4 Å². The van der Waals surface area contributed by atoms with Gasteiger partial charge in [0.15, 0.2) is 0 Å². The highest BCUT2D eigenvalue weighted by Gasteiger charge is 2.27. The Labute approximate surface area is 185 Å². The number of carbonyl (C=O) groups excluding carboxylic acids is 1. The van der Waals surface area contributed by atoms with Crippen molar-refractivity contribution in [3.05, 3.63) is 46.1 Å². The Morgan fingerprint density at radius 1 is 1.35 bits per heavy atom. The second-order valence-electron chi connectivity index (χ2n) is 7.71. The Kier molecular flexibility index (Phi) is 6.99. The second-order valence-corrected chi connectivity index (χ2v) is 8.59. The van der Waals surface area contributed by atoms with E-state index in [1.165, 1.54) is 11.3 Å². The predicted octanol–water partition coefficient (Wildman–Crippen LogP) is 3.41. The van der Waals surface area contributed by atoms with E-state index in [0.29, 0.717) is 37.0 Å². The van der Waals surface area contributed by atoms with Crippen molar-refractivity contribution in [2.75, 3.05) is 37.7 Å². The molecule has 1 atom stereocenters. The standard InChI is InChI=1S/C23H28N4O3S/c1-2-30-13-7-11-24-21(28)17-10-6-12-27(14-17)23-25-19-18(16-8-4-3-5-9-16)15-31-20(19)22(29)26-23/h3-5,8-9,15,17H,2,6-7,10-14H2,1H3,(H,24,28)(H,25,26,29)/t17-/m0/s1. The number of hydrogen-bond acceptors (Lipinski definition) is 6. The van der Waals surface area contributed by atoms with E-state index in [9.17, 15) is 9.59 Å². The van der Waals surface area contributed by atoms with Crippen molar-refractivity contribution >= 4 is 33.4 Å². The van der Waals surface area contributed by atoms with Crippen LogP contribution in [-0.4, -0.2) is 48.7 Å². The Balaban J connectivity index is 1.50. The summed E-state index contributed by atoms with van der Waals surface area (Å²) in [5.74, 6) is 0.491. The summed E-state index contributed by atoms with van der Waals surface area (Å²) in [6, 6.07) is 9.98. The number of fused-ring (bicyclic) bond motifs is 1. The van der Waals surface area contributed by atoms with Crippen molar-refractivity contribution in [1.82, 2.24) is 15.3 Å². The third kappa shape index (κ3) is 4.97. The lowest BCUT2D eigenvalue weighted by Crippen LogP contribution is -2.44. The fourth-order valence-electron chi connectivity index (χ4n) is 3.95. The Morgan fingerprint density at radius 3 is 3.00 bits per heavy atom. The van der Waals surface area contributed by atoms with E-state index in [1.807, 2.05) is 47.5 Å². The van der Waals surface area contributed by atoms with Gasteiger partial charge >= 0.3 is 0 Å². The van der Waals surface area contributed by atoms with Crippen LogP contribution >= 0.6 is 11.3 Å². The number of carbonyl (C=O) groups is 1. The highest BCUT2D eigenvalue weighted by Crippen LogP contribution is 2.32. The molecule has 3 aromatic rings. The van der Waals surface area contributed by atoms with Gasteiger partial charge in [0.2, 0.25) is 11.9 Å². The number of hydrogen-bond donors (Lipinski definition) is 2. The lowest BCUT2D eigenvalue weighted by Gasteiger charge is -2.32. The van der Waals surface area contributed by atoms with Gasteiger partial charge in [-0.3, -0.25) is 14.6 Å². The van der Waals surface area contributed by atoms with Gasteiger partial charge in [0.1, 0.15) is 4.70 Å². The molecule has 1 aromatic carbocycles. The molecule has 3 heterocycles. The van der Waals surface area contributed by atoms with Gasteiger partial charge in [-0.2, -0.15) is 0 Å². The summed E-state index contributed by atoms with van der Waals surface area (Å²) in [5, 5.41) is 5.00. The van der Waals surface area contributed by atoms with Crippen LogP contribution in [-0.2, 0) is 9.53 Å². The van der Waals surface area contributed by atoms with Crippen LogP contribution in [0.1, 0.15) is 26.2 Å². The maximum Gasteiger partial charge on any atom is 0.270 e. The molecule has 1 fully saturated rings. The van der Waals surface area contributed by atoms with Crippen LogP contribution in [0.2, 0.25) is 0 Å². The van der Waals surface area contributed by atoms with Crippen LogP contribution < -0.4 is 15.8 Å². The maximum absolute atomic E-state index is 12.7. The van der Waals surface area contributed by atoms with Crippen LogP contribution in [0.4, 0.5) is 5.95 Å². The molecule has 0 saturated carbocycles. The first kappa shape index (κ1) is 21.5. The first-order chi connectivity index (χ1) is 15.2. The fraction of sp³-hybridized carbons (Fsp3) is 0.435. The van der Waals surface area contributed by atoms with Crippen molar-refractivity contribution < 1.29 is 9.53 Å². The smallest absolute Gasteiger partial charge is 0.270 e. The van der Waals surface area contributed by atoms with E-state index in [1.54, 1.807) is 0 Å². The first-order valence-electron chi connectivity index (χ1n) is 10.8. The summed E-state index contributed by atoms with van der Waals surface area (Å²) < 4.78 is 5.94. The monoisotopic (exact) mass is 440 g/mol. The summed E-state index contributed by atoms with van der Waals surface area (Å²) in [6.07, 6.45) is 2.53. The number of thiophene rings is 1. The van der Waals surface area contributed by atoms with E-state index >= 15 is 0 Å². The molecule has 31 heavy (non-hydrogen) atoms. The zero-order chi connectivity index (χ0) is 21.6. The minimum atomic E-state index is -0.130. The molecule has 7 nitrogen and oxygen atoms in total. The molecule has 1 aliphatic rings. The van der Waals surface area contributed by atoms with Gasteiger partial charge < -0.3 is 15.0 Å². The summed E-state index contributed by atoms with van der Waals surface area (Å²) >= 11 is 1.41. The lowest BCUT2D eigenvalue weighted by molar-refractivity contribution is -0.125. The van der Waals surface area contributed by atoms with Gasteiger partial charge in [-0.1, -0.05) is 30.3 Å². The molecule has 2 aromatic heterocycles. The Bertz CT molecular complexity index is 1080. The Morgan fingerprint density at radius 2 is 2.19 bits per heavy atom. The van der Waals surface area contributed by atoms with E-state index < -0.39 is 0 Å². The minimum Gasteiger partial charge on any atom is -0.382 e. The van der Waals surface area contributed by atoms with Crippen molar-refractivity contribution in [3.8, 4) is 11.1 Å². The molecule has 164 valence electrons. The van der Waals surface area contributed by atoms with Crippen molar-refractivity contribution in [1.29, 1.82) is 0 Å². The van der Waals surface area contributed by atoms with Crippen LogP contribution in [0.25, 0.3) is 21.3 Å². The molecule has 8 heteroatoms. The number of aromatic nitrogens is 2. The molecular formula is C23H28N4O3S. The maximum atomic E-state index is 12.7. The topological polar surface area (TPSA) is 87.3 Å². The van der Waals surface area contributed by atoms with Crippen LogP contribution in [0.3, 0.4) is 0 Å². The van der Waals surface area contributed by atoms with Gasteiger partial charge in [0, 0.05) is 43.8 Å². The third-order valence-electron chi connectivity index (χ3n) is 5.56. The zero-order valence-corrected chi connectivity index (χ0v) is 18.5. The summed E-state index contributed by atoms with van der Waals surface area (Å²) in [7, 11) is 0. The number of ether oxygens (including phenoxy) is 1. The van der Waals surface area contributed by atoms with Crippen LogP contribution in [0.15, 0.2) is 40.5 Å². The summed E-state index contributed by atoms with van der Waals surface area (Å²) in [6.45, 7) is 5.25. The van der Waals surface area contributed by atoms with Crippen molar-refractivity contribution in [2.45, 2.75) is 26.2 Å². The number of piperidine rings is 1. The van der Waals surface area contributed by atoms with Crippen LogP contribution in [0, 0.1) is 5.92 Å².